The van der Waals surface area contributed by atoms with Crippen molar-refractivity contribution in [1.82, 2.24) is 19.8 Å². The number of benzene rings is 1. The zero-order chi connectivity index (χ0) is 38.3. The topological polar surface area (TPSA) is 113 Å². The Morgan fingerprint density at radius 2 is 2.02 bits per heavy atom. The zero-order valence-electron chi connectivity index (χ0n) is 31.8. The lowest BCUT2D eigenvalue weighted by atomic mass is 9.86. The Kier molecular flexibility index (Phi) is 10.8. The number of rotatable bonds is 11. The third-order valence-corrected chi connectivity index (χ3v) is 12.4. The number of nitrogens with zero attached hydrogens (tertiary/aromatic N) is 5. The number of β-amino-alcohol motifs (C(OH)–C–C–N with tert-alkyl or cyclic N) is 1. The maximum Gasteiger partial charge on any atom is 0.318 e. The number of nitrogens with one attached hydrogen (secondary N) is 1. The van der Waals surface area contributed by atoms with Gasteiger partial charge < -0.3 is 34.4 Å². The summed E-state index contributed by atoms with van der Waals surface area (Å²) >= 11 is 0. The normalized spacial score (nSPS) is 28.1. The van der Waals surface area contributed by atoms with E-state index in [0.29, 0.717) is 61.2 Å². The Balaban J connectivity index is 1.19. The monoisotopic (exact) mass is 748 g/mol. The molecule has 2 saturated heterocycles. The van der Waals surface area contributed by atoms with Gasteiger partial charge in [0.2, 0.25) is 5.91 Å². The molecule has 1 aliphatic carbocycles. The number of likely N-dealkylation sites (tertiary alicyclic amines) is 1. The van der Waals surface area contributed by atoms with E-state index >= 15 is 8.78 Å². The molecule has 13 heteroatoms. The summed E-state index contributed by atoms with van der Waals surface area (Å²) in [5.41, 5.74) is -0.00870. The predicted molar refractivity (Wildman–Crippen MR) is 202 cm³/mol. The molecule has 5 heterocycles. The van der Waals surface area contributed by atoms with Gasteiger partial charge in [-0.15, -0.1) is 6.42 Å². The van der Waals surface area contributed by atoms with Gasteiger partial charge in [-0.25, -0.2) is 8.78 Å². The number of ether oxygens (including phenoxy) is 3. The van der Waals surface area contributed by atoms with Crippen LogP contribution in [0.15, 0.2) is 24.8 Å². The van der Waals surface area contributed by atoms with Gasteiger partial charge in [0.25, 0.3) is 0 Å². The number of hydrogen-bond acceptors (Lipinski definition) is 10. The number of halogens is 2. The van der Waals surface area contributed by atoms with Crippen LogP contribution in [0.2, 0.25) is 0 Å². The Bertz CT molecular complexity index is 1770. The van der Waals surface area contributed by atoms with Crippen LogP contribution in [0.5, 0.6) is 11.8 Å². The highest BCUT2D eigenvalue weighted by Crippen LogP contribution is 2.42. The smallest absolute Gasteiger partial charge is 0.318 e. The van der Waals surface area contributed by atoms with E-state index in [2.05, 4.69) is 22.7 Å². The number of likely N-dealkylation sites (N-methyl/N-ethyl adjacent to an activating group) is 1. The second-order valence-corrected chi connectivity index (χ2v) is 16.6. The molecule has 0 radical (unpaired) electrons. The van der Waals surface area contributed by atoms with Crippen molar-refractivity contribution in [2.45, 2.75) is 101 Å². The predicted octanol–water partition coefficient (Wildman–Crippen LogP) is 4.69. The standard InChI is InChI=1S/C41H54F2N6O5/c1-6-31-32(43)11-10-28-19-40(4,51)25-49(35(28)31)30-18-33-36(53-23-30)37(44-24-41(14-8-9-15-41)47(5)34(50)7-2)46-38(45-33)54-26-39(3)20-29(42)22-48(39)21-27-12-16-52-17-13-27/h1,7,10-11,27,29-30,51H,2,8-9,12-26H2,3-5H3,(H,44,45,46)/t29-,30+,39+,40-/m1/s1. The average molecular weight is 749 g/mol. The summed E-state index contributed by atoms with van der Waals surface area (Å²) in [5.74, 6) is 3.25. The quantitative estimate of drug-likeness (QED) is 0.248. The SMILES string of the molecule is C#Cc1c(F)ccc2c1N([C@@H]1COc3c(nc(OC[C@]4(C)C[C@@H](F)CN4CC4CCOCC4)nc3NCC3(N(C)C(=O)C=C)CCCC3)C1)C[C@](C)(O)C2. The van der Waals surface area contributed by atoms with Crippen LogP contribution in [-0.4, -0.2) is 119 Å². The number of alkyl halides is 1. The molecule has 1 aromatic heterocycles. The molecule has 2 aromatic rings. The van der Waals surface area contributed by atoms with E-state index in [0.717, 1.165) is 63.8 Å². The fourth-order valence-corrected chi connectivity index (χ4v) is 9.37. The van der Waals surface area contributed by atoms with Crippen LogP contribution in [0.4, 0.5) is 20.3 Å². The van der Waals surface area contributed by atoms with Crippen LogP contribution in [0.3, 0.4) is 0 Å². The van der Waals surface area contributed by atoms with Gasteiger partial charge in [-0.05, 0) is 63.2 Å². The van der Waals surface area contributed by atoms with Gasteiger partial charge in [0.05, 0.1) is 39.7 Å². The van der Waals surface area contributed by atoms with Gasteiger partial charge in [0, 0.05) is 65.7 Å². The van der Waals surface area contributed by atoms with Crippen molar-refractivity contribution in [3.05, 3.63) is 47.4 Å². The minimum Gasteiger partial charge on any atom is -0.486 e. The highest BCUT2D eigenvalue weighted by atomic mass is 19.1. The molecule has 4 atom stereocenters. The first-order chi connectivity index (χ1) is 25.8. The summed E-state index contributed by atoms with van der Waals surface area (Å²) in [4.78, 5) is 28.5. The fourth-order valence-electron chi connectivity index (χ4n) is 9.37. The van der Waals surface area contributed by atoms with Crippen molar-refractivity contribution in [3.8, 4) is 24.1 Å². The average Bonchev–Trinajstić information content (AvgIpc) is 3.75. The maximum absolute atomic E-state index is 15.1. The number of carbonyl (C=O) groups is 1. The van der Waals surface area contributed by atoms with Crippen molar-refractivity contribution in [2.75, 3.05) is 69.9 Å². The van der Waals surface area contributed by atoms with Crippen molar-refractivity contribution < 1.29 is 32.9 Å². The first-order valence-corrected chi connectivity index (χ1v) is 19.4. The minimum atomic E-state index is -1.09. The number of aromatic nitrogens is 2. The lowest BCUT2D eigenvalue weighted by Crippen LogP contribution is -2.54. The molecule has 0 unspecified atom stereocenters. The minimum absolute atomic E-state index is 0.132. The van der Waals surface area contributed by atoms with Crippen LogP contribution in [-0.2, 0) is 22.4 Å². The van der Waals surface area contributed by atoms with Crippen molar-refractivity contribution in [1.29, 1.82) is 0 Å². The lowest BCUT2D eigenvalue weighted by Gasteiger charge is -2.45. The highest BCUT2D eigenvalue weighted by Gasteiger charge is 2.45. The Morgan fingerprint density at radius 1 is 1.26 bits per heavy atom. The van der Waals surface area contributed by atoms with Gasteiger partial charge in [0.1, 0.15) is 25.2 Å². The van der Waals surface area contributed by atoms with E-state index in [4.69, 9.17) is 30.6 Å². The molecule has 5 aliphatic rings. The molecule has 1 saturated carbocycles. The molecule has 1 aromatic carbocycles. The lowest BCUT2D eigenvalue weighted by molar-refractivity contribution is -0.129. The van der Waals surface area contributed by atoms with E-state index in [9.17, 15) is 9.90 Å². The third kappa shape index (κ3) is 7.62. The molecule has 7 rings (SSSR count). The van der Waals surface area contributed by atoms with Crippen molar-refractivity contribution >= 4 is 17.4 Å². The zero-order valence-corrected chi connectivity index (χ0v) is 31.8. The van der Waals surface area contributed by atoms with Crippen molar-refractivity contribution in [3.63, 3.8) is 0 Å². The number of fused-ring (bicyclic) bond motifs is 2. The molecule has 2 N–H and O–H groups in total. The van der Waals surface area contributed by atoms with Crippen LogP contribution in [0.25, 0.3) is 0 Å². The summed E-state index contributed by atoms with van der Waals surface area (Å²) in [5, 5.41) is 14.8. The Hall–Kier alpha value is -3.99. The van der Waals surface area contributed by atoms with Crippen LogP contribution in [0, 0.1) is 24.1 Å². The number of carbonyl (C=O) groups excluding carboxylic acids is 1. The van der Waals surface area contributed by atoms with Gasteiger partial charge >= 0.3 is 6.01 Å². The van der Waals surface area contributed by atoms with Gasteiger partial charge in [-0.1, -0.05) is 31.4 Å². The molecule has 0 bridgehead atoms. The van der Waals surface area contributed by atoms with Crippen LogP contribution in [0.1, 0.15) is 75.6 Å². The second-order valence-electron chi connectivity index (χ2n) is 16.6. The number of amides is 1. The molecular formula is C41H54F2N6O5. The van der Waals surface area contributed by atoms with Gasteiger partial charge in [-0.2, -0.15) is 9.97 Å². The fraction of sp³-hybridized carbons (Fsp3) is 0.634. The molecule has 0 spiro atoms. The summed E-state index contributed by atoms with van der Waals surface area (Å²) in [7, 11) is 1.81. The first-order valence-electron chi connectivity index (χ1n) is 19.4. The molecule has 3 fully saturated rings. The van der Waals surface area contributed by atoms with E-state index in [1.807, 2.05) is 18.9 Å². The largest absolute Gasteiger partial charge is 0.486 e. The molecule has 54 heavy (non-hydrogen) atoms. The van der Waals surface area contributed by atoms with Gasteiger partial charge in [0.15, 0.2) is 11.6 Å². The summed E-state index contributed by atoms with van der Waals surface area (Å²) in [6.07, 6.45) is 12.8. The number of aliphatic hydroxyl groups is 1. The van der Waals surface area contributed by atoms with E-state index in [1.54, 1.807) is 17.9 Å². The summed E-state index contributed by atoms with van der Waals surface area (Å²) in [6, 6.07) is 2.82. The number of anilines is 2. The summed E-state index contributed by atoms with van der Waals surface area (Å²) < 4.78 is 48.6. The molecule has 11 nitrogen and oxygen atoms in total. The van der Waals surface area contributed by atoms with Crippen LogP contribution < -0.4 is 19.7 Å². The number of terminal acetylenes is 1. The molecule has 292 valence electrons. The maximum atomic E-state index is 15.1. The first kappa shape index (κ1) is 38.3. The van der Waals surface area contributed by atoms with Crippen molar-refractivity contribution in [2.24, 2.45) is 5.92 Å². The third-order valence-electron chi connectivity index (χ3n) is 12.4. The van der Waals surface area contributed by atoms with Crippen LogP contribution >= 0.6 is 0 Å². The Labute approximate surface area is 317 Å². The highest BCUT2D eigenvalue weighted by molar-refractivity contribution is 5.87. The molecular weight excluding hydrogens is 694 g/mol. The second kappa shape index (κ2) is 15.3. The van der Waals surface area contributed by atoms with E-state index < -0.39 is 28.7 Å². The molecule has 4 aliphatic heterocycles. The van der Waals surface area contributed by atoms with E-state index in [-0.39, 0.29) is 43.3 Å². The van der Waals surface area contributed by atoms with E-state index in [1.165, 1.54) is 12.1 Å². The molecule has 1 amide bonds. The van der Waals surface area contributed by atoms with Gasteiger partial charge in [-0.3, -0.25) is 9.69 Å². The number of hydrogen-bond donors (Lipinski definition) is 2. The summed E-state index contributed by atoms with van der Waals surface area (Å²) in [6.45, 7) is 11.1. The Morgan fingerprint density at radius 3 is 2.74 bits per heavy atom.